The number of rotatable bonds is 11. The second-order valence-electron chi connectivity index (χ2n) is 6.79. The quantitative estimate of drug-likeness (QED) is 0.431. The molecule has 1 aromatic heterocycles. The number of ether oxygens (including phenoxy) is 2. The summed E-state index contributed by atoms with van der Waals surface area (Å²) >= 11 is 5.96. The minimum Gasteiger partial charge on any atom is -0.403 e. The highest BCUT2D eigenvalue weighted by Crippen LogP contribution is 2.23. The summed E-state index contributed by atoms with van der Waals surface area (Å²) in [6, 6.07) is 12.3. The van der Waals surface area contributed by atoms with E-state index in [2.05, 4.69) is 15.5 Å². The summed E-state index contributed by atoms with van der Waals surface area (Å²) in [5.74, 6) is -0.336. The van der Waals surface area contributed by atoms with Crippen LogP contribution in [0.15, 0.2) is 57.8 Å². The number of aromatic nitrogens is 2. The predicted molar refractivity (Wildman–Crippen MR) is 122 cm³/mol. The van der Waals surface area contributed by atoms with Crippen molar-refractivity contribution in [3.63, 3.8) is 0 Å². The van der Waals surface area contributed by atoms with Crippen molar-refractivity contribution < 1.29 is 27.1 Å². The zero-order chi connectivity index (χ0) is 23.8. The number of benzene rings is 2. The van der Waals surface area contributed by atoms with Crippen molar-refractivity contribution in [3.8, 4) is 11.5 Å². The van der Waals surface area contributed by atoms with Crippen molar-refractivity contribution in [2.75, 3.05) is 45.8 Å². The molecule has 0 aliphatic carbocycles. The van der Waals surface area contributed by atoms with Crippen molar-refractivity contribution in [2.24, 2.45) is 0 Å². The van der Waals surface area contributed by atoms with Gasteiger partial charge in [0.15, 0.2) is 0 Å². The Morgan fingerprint density at radius 3 is 2.33 bits per heavy atom. The van der Waals surface area contributed by atoms with Crippen LogP contribution in [0.2, 0.25) is 5.02 Å². The lowest BCUT2D eigenvalue weighted by Crippen LogP contribution is -2.36. The first-order chi connectivity index (χ1) is 15.8. The highest BCUT2D eigenvalue weighted by molar-refractivity contribution is 7.89. The molecule has 1 N–H and O–H groups in total. The Labute approximate surface area is 196 Å². The van der Waals surface area contributed by atoms with Crippen LogP contribution >= 0.6 is 11.6 Å². The zero-order valence-corrected chi connectivity index (χ0v) is 19.6. The number of halogens is 1. The van der Waals surface area contributed by atoms with Gasteiger partial charge in [-0.15, -0.1) is 5.10 Å². The highest BCUT2D eigenvalue weighted by Gasteiger charge is 2.24. The molecule has 0 radical (unpaired) electrons. The van der Waals surface area contributed by atoms with Crippen molar-refractivity contribution in [3.05, 3.63) is 59.1 Å². The standard InChI is InChI=1S/C21H23ClN4O6S/c1-30-12-10-26(11-13-31-2)33(28,29)18-8-6-15(7-9-18)19(27)23-21-25-24-20(32-21)16-4-3-5-17(22)14-16/h3-9,14H,10-13H2,1-2H3,(H,23,25,27). The molecule has 0 saturated heterocycles. The number of hydrogen-bond acceptors (Lipinski definition) is 8. The Bertz CT molecular complexity index is 1180. The topological polar surface area (TPSA) is 124 Å². The molecule has 0 atom stereocenters. The van der Waals surface area contributed by atoms with Crippen LogP contribution in [0.1, 0.15) is 10.4 Å². The molecule has 0 spiro atoms. The van der Waals surface area contributed by atoms with E-state index in [-0.39, 0.29) is 48.7 Å². The van der Waals surface area contributed by atoms with Crippen molar-refractivity contribution >= 4 is 33.5 Å². The largest absolute Gasteiger partial charge is 0.403 e. The molecule has 1 amide bonds. The fourth-order valence-electron chi connectivity index (χ4n) is 2.85. The average Bonchev–Trinajstić information content (AvgIpc) is 3.27. The van der Waals surface area contributed by atoms with E-state index in [4.69, 9.17) is 25.5 Å². The molecule has 10 nitrogen and oxygen atoms in total. The number of nitrogens with one attached hydrogen (secondary N) is 1. The molecule has 0 saturated carbocycles. The summed E-state index contributed by atoms with van der Waals surface area (Å²) < 4.78 is 42.6. The highest BCUT2D eigenvalue weighted by atomic mass is 35.5. The van der Waals surface area contributed by atoms with Gasteiger partial charge in [-0.05, 0) is 42.5 Å². The Balaban J connectivity index is 1.71. The monoisotopic (exact) mass is 494 g/mol. The molecule has 12 heteroatoms. The Morgan fingerprint density at radius 1 is 1.06 bits per heavy atom. The smallest absolute Gasteiger partial charge is 0.322 e. The van der Waals surface area contributed by atoms with Gasteiger partial charge < -0.3 is 13.9 Å². The minimum absolute atomic E-state index is 0.0484. The maximum Gasteiger partial charge on any atom is 0.322 e. The molecular formula is C21H23ClN4O6S. The maximum atomic E-state index is 12.9. The van der Waals surface area contributed by atoms with Gasteiger partial charge >= 0.3 is 6.01 Å². The van der Waals surface area contributed by atoms with E-state index < -0.39 is 15.9 Å². The molecule has 0 fully saturated rings. The third-order valence-corrected chi connectivity index (χ3v) is 6.71. The SMILES string of the molecule is COCCN(CCOC)S(=O)(=O)c1ccc(C(=O)Nc2nnc(-c3cccc(Cl)c3)o2)cc1. The van der Waals surface area contributed by atoms with Gasteiger partial charge in [-0.3, -0.25) is 10.1 Å². The van der Waals surface area contributed by atoms with Gasteiger partial charge in [-0.2, -0.15) is 4.31 Å². The summed E-state index contributed by atoms with van der Waals surface area (Å²) in [5, 5.41) is 10.7. The van der Waals surface area contributed by atoms with Crippen LogP contribution in [-0.4, -0.2) is 69.4 Å². The third-order valence-electron chi connectivity index (χ3n) is 4.56. The van der Waals surface area contributed by atoms with Gasteiger partial charge in [-0.25, -0.2) is 8.42 Å². The summed E-state index contributed by atoms with van der Waals surface area (Å²) in [6.45, 7) is 0.836. The summed E-state index contributed by atoms with van der Waals surface area (Å²) in [7, 11) is -0.796. The fraction of sp³-hybridized carbons (Fsp3) is 0.286. The van der Waals surface area contributed by atoms with Crippen LogP contribution < -0.4 is 5.32 Å². The second-order valence-corrected chi connectivity index (χ2v) is 9.17. The van der Waals surface area contributed by atoms with E-state index in [1.807, 2.05) is 0 Å². The first-order valence-electron chi connectivity index (χ1n) is 9.84. The van der Waals surface area contributed by atoms with Gasteiger partial charge in [0.1, 0.15) is 0 Å². The van der Waals surface area contributed by atoms with Gasteiger partial charge in [0.05, 0.1) is 18.1 Å². The Kier molecular flexibility index (Phi) is 8.53. The van der Waals surface area contributed by atoms with E-state index in [1.165, 1.54) is 42.8 Å². The molecule has 0 aliphatic rings. The van der Waals surface area contributed by atoms with Gasteiger partial charge in [0.25, 0.3) is 5.91 Å². The van der Waals surface area contributed by atoms with Crippen LogP contribution in [0.5, 0.6) is 0 Å². The number of sulfonamides is 1. The number of anilines is 1. The summed E-state index contributed by atoms with van der Waals surface area (Å²) in [6.07, 6.45) is 0. The number of carbonyl (C=O) groups is 1. The first kappa shape index (κ1) is 24.8. The van der Waals surface area contributed by atoms with Crippen molar-refractivity contribution in [1.82, 2.24) is 14.5 Å². The van der Waals surface area contributed by atoms with Crippen LogP contribution in [0.4, 0.5) is 6.01 Å². The Hall–Kier alpha value is -2.83. The predicted octanol–water partition coefficient (Wildman–Crippen LogP) is 2.93. The fourth-order valence-corrected chi connectivity index (χ4v) is 4.45. The molecule has 0 unspecified atom stereocenters. The molecule has 0 bridgehead atoms. The zero-order valence-electron chi connectivity index (χ0n) is 18.0. The average molecular weight is 495 g/mol. The van der Waals surface area contributed by atoms with Crippen LogP contribution in [0.3, 0.4) is 0 Å². The van der Waals surface area contributed by atoms with E-state index in [1.54, 1.807) is 24.3 Å². The van der Waals surface area contributed by atoms with E-state index in [0.717, 1.165) is 0 Å². The number of amides is 1. The molecule has 3 aromatic rings. The Morgan fingerprint density at radius 2 is 1.73 bits per heavy atom. The van der Waals surface area contributed by atoms with E-state index in [9.17, 15) is 13.2 Å². The van der Waals surface area contributed by atoms with E-state index in [0.29, 0.717) is 10.6 Å². The molecule has 0 aliphatic heterocycles. The summed E-state index contributed by atoms with van der Waals surface area (Å²) in [5.41, 5.74) is 0.827. The van der Waals surface area contributed by atoms with Gasteiger partial charge in [-0.1, -0.05) is 22.8 Å². The van der Waals surface area contributed by atoms with Crippen molar-refractivity contribution in [2.45, 2.75) is 4.90 Å². The molecule has 3 rings (SSSR count). The second kappa shape index (κ2) is 11.3. The van der Waals surface area contributed by atoms with Crippen LogP contribution in [0, 0.1) is 0 Å². The van der Waals surface area contributed by atoms with Crippen molar-refractivity contribution in [1.29, 1.82) is 0 Å². The number of carbonyl (C=O) groups excluding carboxylic acids is 1. The molecular weight excluding hydrogens is 472 g/mol. The lowest BCUT2D eigenvalue weighted by molar-refractivity contribution is 0.102. The van der Waals surface area contributed by atoms with Gasteiger partial charge in [0, 0.05) is 43.5 Å². The molecule has 1 heterocycles. The van der Waals surface area contributed by atoms with Gasteiger partial charge in [0.2, 0.25) is 15.9 Å². The minimum atomic E-state index is -3.79. The van der Waals surface area contributed by atoms with Crippen LogP contribution in [0.25, 0.3) is 11.5 Å². The number of methoxy groups -OCH3 is 2. The summed E-state index contributed by atoms with van der Waals surface area (Å²) in [4.78, 5) is 12.6. The lowest BCUT2D eigenvalue weighted by Gasteiger charge is -2.21. The maximum absolute atomic E-state index is 12.9. The van der Waals surface area contributed by atoms with Crippen LogP contribution in [-0.2, 0) is 19.5 Å². The normalized spacial score (nSPS) is 11.6. The third kappa shape index (κ3) is 6.36. The molecule has 33 heavy (non-hydrogen) atoms. The molecule has 176 valence electrons. The molecule has 2 aromatic carbocycles. The van der Waals surface area contributed by atoms with E-state index >= 15 is 0 Å². The lowest BCUT2D eigenvalue weighted by atomic mass is 10.2. The number of hydrogen-bond donors (Lipinski definition) is 1. The number of nitrogens with zero attached hydrogens (tertiary/aromatic N) is 3. The first-order valence-corrected chi connectivity index (χ1v) is 11.7.